The smallest absolute Gasteiger partial charge is 0.100 e. The summed E-state index contributed by atoms with van der Waals surface area (Å²) >= 11 is 0. The first kappa shape index (κ1) is 4.05. The summed E-state index contributed by atoms with van der Waals surface area (Å²) in [4.78, 5) is 0. The zero-order valence-electron chi connectivity index (χ0n) is 4.20. The molecule has 0 aromatic heterocycles. The molecule has 2 atom stereocenters. The van der Waals surface area contributed by atoms with E-state index in [9.17, 15) is 0 Å². The number of hydrogen-bond acceptors (Lipinski definition) is 3. The second-order valence-corrected chi connectivity index (χ2v) is 0.899. The highest BCUT2D eigenvalue weighted by molar-refractivity contribution is 4.43. The van der Waals surface area contributed by atoms with Crippen molar-refractivity contribution in [3.63, 3.8) is 0 Å². The van der Waals surface area contributed by atoms with Gasteiger partial charge in [0.2, 0.25) is 0 Å². The van der Waals surface area contributed by atoms with Crippen molar-refractivity contribution in [3.8, 4) is 0 Å². The molecule has 38 valence electrons. The van der Waals surface area contributed by atoms with Gasteiger partial charge in [0.05, 0.1) is 14.6 Å². The maximum Gasteiger partial charge on any atom is 0.100 e. The van der Waals surface area contributed by atoms with Crippen LogP contribution in [0.1, 0.15) is 1.37 Å². The average molecular weight is 95.1 g/mol. The van der Waals surface area contributed by atoms with E-state index in [1.807, 2.05) is 0 Å². The SMILES string of the molecule is [2H][13C@H](O)[13C@H](O)CO. The third-order valence-electron chi connectivity index (χ3n) is 0.359. The van der Waals surface area contributed by atoms with E-state index >= 15 is 0 Å². The average Bonchev–Trinajstić information content (AvgIpc) is 1.65. The molecule has 0 amide bonds. The zero-order valence-corrected chi connectivity index (χ0v) is 3.20. The molecule has 0 fully saturated rings. The van der Waals surface area contributed by atoms with E-state index in [0.717, 1.165) is 0 Å². The minimum atomic E-state index is -1.58. The first-order valence-electron chi connectivity index (χ1n) is 2.15. The van der Waals surface area contributed by atoms with Crippen molar-refractivity contribution in [1.82, 2.24) is 0 Å². The molecular weight excluding hydrogens is 86.0 g/mol. The van der Waals surface area contributed by atoms with Crippen molar-refractivity contribution in [1.29, 1.82) is 0 Å². The van der Waals surface area contributed by atoms with Gasteiger partial charge in [-0.25, -0.2) is 0 Å². The van der Waals surface area contributed by atoms with E-state index in [0.29, 0.717) is 0 Å². The molecule has 3 N–H and O–H groups in total. The van der Waals surface area contributed by atoms with Crippen LogP contribution in [0.4, 0.5) is 0 Å². The van der Waals surface area contributed by atoms with Crippen LogP contribution in [-0.2, 0) is 0 Å². The fourth-order valence-electron chi connectivity index (χ4n) is 0.0471. The zero-order chi connectivity index (χ0) is 5.86. The molecule has 0 spiro atoms. The lowest BCUT2D eigenvalue weighted by Gasteiger charge is -1.96. The molecule has 0 aromatic rings. The fourth-order valence-corrected chi connectivity index (χ4v) is 0.0471. The monoisotopic (exact) mass is 95.1 g/mol. The third-order valence-corrected chi connectivity index (χ3v) is 0.359. The summed E-state index contributed by atoms with van der Waals surface area (Å²) in [5.41, 5.74) is 0. The summed E-state index contributed by atoms with van der Waals surface area (Å²) in [7, 11) is 0. The Morgan fingerprint density at radius 3 is 2.17 bits per heavy atom. The lowest BCUT2D eigenvalue weighted by Crippen LogP contribution is -2.15. The van der Waals surface area contributed by atoms with Gasteiger partial charge in [-0.05, 0) is 0 Å². The Balaban J connectivity index is 3.14. The Kier molecular flexibility index (Phi) is 2.08. The Bertz CT molecular complexity index is 47.4. The van der Waals surface area contributed by atoms with Gasteiger partial charge < -0.3 is 15.3 Å². The highest BCUT2D eigenvalue weighted by Gasteiger charge is 1.93. The molecule has 6 heavy (non-hydrogen) atoms. The number of rotatable bonds is 2. The van der Waals surface area contributed by atoms with Crippen LogP contribution in [0.3, 0.4) is 0 Å². The quantitative estimate of drug-likeness (QED) is 0.359. The summed E-state index contributed by atoms with van der Waals surface area (Å²) in [5, 5.41) is 24.3. The lowest BCUT2D eigenvalue weighted by molar-refractivity contribution is 0.0450. The van der Waals surface area contributed by atoms with Crippen LogP contribution >= 0.6 is 0 Å². The molecule has 3 nitrogen and oxygen atoms in total. The summed E-state index contributed by atoms with van der Waals surface area (Å²) in [5.74, 6) is 0. The van der Waals surface area contributed by atoms with E-state index in [1.165, 1.54) is 0 Å². The van der Waals surface area contributed by atoms with Crippen LogP contribution in [0.15, 0.2) is 0 Å². The minimum absolute atomic E-state index is 0.565. The molecule has 0 heterocycles. The summed E-state index contributed by atoms with van der Waals surface area (Å²) in [6.07, 6.45) is -1.32. The first-order chi connectivity index (χ1) is 3.18. The molecule has 0 aliphatic heterocycles. The van der Waals surface area contributed by atoms with E-state index in [1.54, 1.807) is 0 Å². The van der Waals surface area contributed by atoms with Gasteiger partial charge in [-0.2, -0.15) is 0 Å². The molecule has 0 aliphatic carbocycles. The van der Waals surface area contributed by atoms with Gasteiger partial charge >= 0.3 is 0 Å². The predicted molar refractivity (Wildman–Crippen MR) is 20.2 cm³/mol. The van der Waals surface area contributed by atoms with Crippen molar-refractivity contribution >= 4 is 0 Å². The van der Waals surface area contributed by atoms with Crippen LogP contribution in [0.5, 0.6) is 0 Å². The molecule has 0 radical (unpaired) electrons. The van der Waals surface area contributed by atoms with Gasteiger partial charge in [0.25, 0.3) is 0 Å². The standard InChI is InChI=1S/C3H8O3/c4-1-3(6)2-5/h3-6H,1-2H2/i1+1D,3+1/t1-,3-/m0/s1. The first-order valence-corrected chi connectivity index (χ1v) is 1.57. The maximum absolute atomic E-state index is 8.25. The Hall–Kier alpha value is -0.120. The molecule has 0 unspecified atom stereocenters. The number of hydrogen-bond donors (Lipinski definition) is 3. The van der Waals surface area contributed by atoms with Crippen molar-refractivity contribution in [2.75, 3.05) is 13.2 Å². The molecular formula is C3H8O3. The van der Waals surface area contributed by atoms with Gasteiger partial charge in [0.15, 0.2) is 0 Å². The fraction of sp³-hybridized carbons (Fsp3) is 1.00. The summed E-state index contributed by atoms with van der Waals surface area (Å²) in [6, 6.07) is 0. The van der Waals surface area contributed by atoms with E-state index in [2.05, 4.69) is 0 Å². The Morgan fingerprint density at radius 1 is 1.67 bits per heavy atom. The Labute approximate surface area is 37.3 Å². The highest BCUT2D eigenvalue weighted by Crippen LogP contribution is 1.71. The number of aliphatic hydroxyl groups excluding tert-OH is 3. The Morgan fingerprint density at radius 2 is 2.17 bits per heavy atom. The summed E-state index contributed by atoms with van der Waals surface area (Å²) in [6.45, 7) is -2.14. The van der Waals surface area contributed by atoms with Gasteiger partial charge in [0, 0.05) is 0 Å². The number of aliphatic hydroxyl groups is 3. The van der Waals surface area contributed by atoms with Crippen LogP contribution in [-0.4, -0.2) is 34.6 Å². The van der Waals surface area contributed by atoms with Crippen LogP contribution < -0.4 is 0 Å². The topological polar surface area (TPSA) is 60.7 Å². The molecule has 0 rings (SSSR count). The van der Waals surface area contributed by atoms with Crippen molar-refractivity contribution in [2.45, 2.75) is 6.10 Å². The molecule has 0 saturated carbocycles. The second kappa shape index (κ2) is 3.08. The van der Waals surface area contributed by atoms with Crippen LogP contribution in [0.2, 0.25) is 0 Å². The molecule has 0 aliphatic rings. The van der Waals surface area contributed by atoms with Gasteiger partial charge in [-0.1, -0.05) is 0 Å². The molecule has 3 heteroatoms. The van der Waals surface area contributed by atoms with Gasteiger partial charge in [-0.15, -0.1) is 0 Å². The molecule has 0 saturated heterocycles. The van der Waals surface area contributed by atoms with Crippen molar-refractivity contribution < 1.29 is 16.7 Å². The van der Waals surface area contributed by atoms with E-state index < -0.39 is 19.3 Å². The van der Waals surface area contributed by atoms with Crippen LogP contribution in [0, 0.1) is 0 Å². The minimum Gasteiger partial charge on any atom is -0.394 e. The van der Waals surface area contributed by atoms with Crippen molar-refractivity contribution in [3.05, 3.63) is 0 Å². The normalized spacial score (nSPS) is 22.2. The largest absolute Gasteiger partial charge is 0.394 e. The maximum atomic E-state index is 8.25. The van der Waals surface area contributed by atoms with Gasteiger partial charge in [0.1, 0.15) is 6.10 Å². The molecule has 0 bridgehead atoms. The third kappa shape index (κ3) is 2.14. The van der Waals surface area contributed by atoms with Gasteiger partial charge in [-0.3, -0.25) is 0 Å². The second-order valence-electron chi connectivity index (χ2n) is 0.899. The highest BCUT2D eigenvalue weighted by atomic mass is 16.5. The van der Waals surface area contributed by atoms with E-state index in [-0.39, 0.29) is 0 Å². The lowest BCUT2D eigenvalue weighted by atomic mass is 11.0. The summed E-state index contributed by atoms with van der Waals surface area (Å²) < 4.78 is 6.33. The van der Waals surface area contributed by atoms with Crippen molar-refractivity contribution in [2.24, 2.45) is 0 Å². The van der Waals surface area contributed by atoms with E-state index in [4.69, 9.17) is 16.7 Å². The van der Waals surface area contributed by atoms with Crippen LogP contribution in [0.25, 0.3) is 0 Å². The molecule has 0 aromatic carbocycles. The predicted octanol–water partition coefficient (Wildman–Crippen LogP) is -1.67.